The number of imidazole rings is 1. The molecule has 94 valence electrons. The zero-order valence-electron chi connectivity index (χ0n) is 10.9. The van der Waals surface area contributed by atoms with Gasteiger partial charge < -0.3 is 10.3 Å². The van der Waals surface area contributed by atoms with Gasteiger partial charge in [0.15, 0.2) is 0 Å². The van der Waals surface area contributed by atoms with Crippen molar-refractivity contribution in [3.05, 3.63) is 23.8 Å². The van der Waals surface area contributed by atoms with Crippen LogP contribution >= 0.6 is 0 Å². The molecular formula is C13H17N5. The van der Waals surface area contributed by atoms with Crippen LogP contribution in [-0.4, -0.2) is 20.2 Å². The highest BCUT2D eigenvalue weighted by Crippen LogP contribution is 2.32. The van der Waals surface area contributed by atoms with Crippen LogP contribution in [0.2, 0.25) is 0 Å². The van der Waals surface area contributed by atoms with Gasteiger partial charge in [0.2, 0.25) is 0 Å². The Labute approximate surface area is 106 Å². The van der Waals surface area contributed by atoms with E-state index in [4.69, 9.17) is 0 Å². The fraction of sp³-hybridized carbons (Fsp3) is 0.462. The molecule has 2 aromatic rings. The maximum absolute atomic E-state index is 4.68. The number of nitrogens with zero attached hydrogens (tertiary/aromatic N) is 3. The SMILES string of the molecule is CC(C)(C)Cc1nc2c([nH]1)CNc1ccnnc1-2. The van der Waals surface area contributed by atoms with Gasteiger partial charge in [-0.3, -0.25) is 0 Å². The molecule has 0 aromatic carbocycles. The van der Waals surface area contributed by atoms with Crippen molar-refractivity contribution in [2.75, 3.05) is 5.32 Å². The molecule has 3 heterocycles. The molecule has 0 amide bonds. The molecular weight excluding hydrogens is 226 g/mol. The summed E-state index contributed by atoms with van der Waals surface area (Å²) in [5, 5.41) is 11.4. The summed E-state index contributed by atoms with van der Waals surface area (Å²) in [4.78, 5) is 8.07. The minimum atomic E-state index is 0.221. The number of aromatic nitrogens is 4. The van der Waals surface area contributed by atoms with Crippen molar-refractivity contribution < 1.29 is 0 Å². The normalized spacial score (nSPS) is 13.7. The first-order chi connectivity index (χ1) is 8.53. The number of fused-ring (bicyclic) bond motifs is 3. The topological polar surface area (TPSA) is 66.5 Å². The third-order valence-electron chi connectivity index (χ3n) is 2.93. The van der Waals surface area contributed by atoms with Gasteiger partial charge in [0, 0.05) is 6.42 Å². The number of hydrogen-bond acceptors (Lipinski definition) is 4. The quantitative estimate of drug-likeness (QED) is 0.807. The Morgan fingerprint density at radius 3 is 2.89 bits per heavy atom. The van der Waals surface area contributed by atoms with Gasteiger partial charge in [-0.25, -0.2) is 4.98 Å². The van der Waals surface area contributed by atoms with Crippen molar-refractivity contribution in [2.45, 2.75) is 33.7 Å². The van der Waals surface area contributed by atoms with E-state index in [1.165, 1.54) is 0 Å². The first kappa shape index (κ1) is 11.2. The van der Waals surface area contributed by atoms with E-state index >= 15 is 0 Å². The Morgan fingerprint density at radius 1 is 1.28 bits per heavy atom. The van der Waals surface area contributed by atoms with Gasteiger partial charge in [0.25, 0.3) is 0 Å². The molecule has 0 atom stereocenters. The highest BCUT2D eigenvalue weighted by Gasteiger charge is 2.23. The molecule has 2 N–H and O–H groups in total. The minimum absolute atomic E-state index is 0.221. The van der Waals surface area contributed by atoms with Crippen LogP contribution in [-0.2, 0) is 13.0 Å². The number of nitrogens with one attached hydrogen (secondary N) is 2. The highest BCUT2D eigenvalue weighted by molar-refractivity contribution is 5.75. The third kappa shape index (κ3) is 1.96. The zero-order chi connectivity index (χ0) is 12.8. The molecule has 0 bridgehead atoms. The van der Waals surface area contributed by atoms with E-state index in [2.05, 4.69) is 46.3 Å². The molecule has 0 spiro atoms. The number of rotatable bonds is 1. The summed E-state index contributed by atoms with van der Waals surface area (Å²) in [5.41, 5.74) is 4.11. The Morgan fingerprint density at radius 2 is 2.11 bits per heavy atom. The number of H-pyrrole nitrogens is 1. The summed E-state index contributed by atoms with van der Waals surface area (Å²) in [6, 6.07) is 1.93. The maximum atomic E-state index is 4.68. The molecule has 0 aliphatic carbocycles. The fourth-order valence-electron chi connectivity index (χ4n) is 2.21. The summed E-state index contributed by atoms with van der Waals surface area (Å²) < 4.78 is 0. The molecule has 0 unspecified atom stereocenters. The van der Waals surface area contributed by atoms with Crippen LogP contribution in [0.1, 0.15) is 32.3 Å². The molecule has 1 aliphatic heterocycles. The first-order valence-electron chi connectivity index (χ1n) is 6.17. The Bertz CT molecular complexity index is 579. The van der Waals surface area contributed by atoms with E-state index in [9.17, 15) is 0 Å². The molecule has 0 radical (unpaired) electrons. The van der Waals surface area contributed by atoms with Crippen molar-refractivity contribution in [1.82, 2.24) is 20.2 Å². The Balaban J connectivity index is 2.02. The predicted octanol–water partition coefficient (Wildman–Crippen LogP) is 2.38. The zero-order valence-corrected chi connectivity index (χ0v) is 10.9. The monoisotopic (exact) mass is 243 g/mol. The number of hydrogen-bond donors (Lipinski definition) is 2. The van der Waals surface area contributed by atoms with E-state index < -0.39 is 0 Å². The van der Waals surface area contributed by atoms with E-state index in [-0.39, 0.29) is 5.41 Å². The van der Waals surface area contributed by atoms with Crippen LogP contribution in [0.3, 0.4) is 0 Å². The lowest BCUT2D eigenvalue weighted by molar-refractivity contribution is 0.402. The first-order valence-corrected chi connectivity index (χ1v) is 6.17. The molecule has 5 nitrogen and oxygen atoms in total. The van der Waals surface area contributed by atoms with Crippen molar-refractivity contribution in [3.63, 3.8) is 0 Å². The summed E-state index contributed by atoms with van der Waals surface area (Å²) in [6.45, 7) is 7.40. The second-order valence-corrected chi connectivity index (χ2v) is 5.90. The van der Waals surface area contributed by atoms with Crippen molar-refractivity contribution in [2.24, 2.45) is 5.41 Å². The van der Waals surface area contributed by atoms with Crippen LogP contribution in [0, 0.1) is 5.41 Å². The average molecular weight is 243 g/mol. The lowest BCUT2D eigenvalue weighted by Crippen LogP contribution is -2.10. The van der Waals surface area contributed by atoms with E-state index in [0.29, 0.717) is 0 Å². The van der Waals surface area contributed by atoms with Crippen LogP contribution in [0.4, 0.5) is 5.69 Å². The van der Waals surface area contributed by atoms with Crippen molar-refractivity contribution in [1.29, 1.82) is 0 Å². The molecule has 5 heteroatoms. The van der Waals surface area contributed by atoms with Crippen LogP contribution < -0.4 is 5.32 Å². The highest BCUT2D eigenvalue weighted by atomic mass is 15.1. The summed E-state index contributed by atoms with van der Waals surface area (Å²) in [7, 11) is 0. The predicted molar refractivity (Wildman–Crippen MR) is 70.1 cm³/mol. The largest absolute Gasteiger partial charge is 0.377 e. The minimum Gasteiger partial charge on any atom is -0.377 e. The van der Waals surface area contributed by atoms with Gasteiger partial charge in [-0.2, -0.15) is 5.10 Å². The third-order valence-corrected chi connectivity index (χ3v) is 2.93. The van der Waals surface area contributed by atoms with Crippen molar-refractivity contribution >= 4 is 5.69 Å². The van der Waals surface area contributed by atoms with E-state index in [1.54, 1.807) is 6.20 Å². The standard InChI is InChI=1S/C13H17N5/c1-13(2,3)6-10-16-9-7-14-8-4-5-15-18-12(8)11(9)17-10/h4-5,14H,6-7H2,1-3H3,(H,16,17). The van der Waals surface area contributed by atoms with E-state index in [1.807, 2.05) is 6.07 Å². The lowest BCUT2D eigenvalue weighted by Gasteiger charge is -2.15. The Kier molecular flexibility index (Phi) is 2.36. The molecule has 18 heavy (non-hydrogen) atoms. The lowest BCUT2D eigenvalue weighted by atomic mass is 9.92. The number of anilines is 1. The second-order valence-electron chi connectivity index (χ2n) is 5.90. The molecule has 1 aliphatic rings. The van der Waals surface area contributed by atoms with Gasteiger partial charge in [0.1, 0.15) is 17.2 Å². The van der Waals surface area contributed by atoms with Crippen LogP contribution in [0.25, 0.3) is 11.4 Å². The molecule has 0 saturated carbocycles. The van der Waals surface area contributed by atoms with Gasteiger partial charge in [0.05, 0.1) is 24.1 Å². The van der Waals surface area contributed by atoms with Gasteiger partial charge >= 0.3 is 0 Å². The average Bonchev–Trinajstić information content (AvgIpc) is 2.69. The van der Waals surface area contributed by atoms with Gasteiger partial charge in [-0.05, 0) is 11.5 Å². The van der Waals surface area contributed by atoms with Gasteiger partial charge in [-0.15, -0.1) is 5.10 Å². The van der Waals surface area contributed by atoms with Crippen molar-refractivity contribution in [3.8, 4) is 11.4 Å². The molecule has 2 aromatic heterocycles. The second kappa shape index (κ2) is 3.80. The molecule has 0 fully saturated rings. The smallest absolute Gasteiger partial charge is 0.136 e. The maximum Gasteiger partial charge on any atom is 0.136 e. The molecule has 3 rings (SSSR count). The summed E-state index contributed by atoms with van der Waals surface area (Å²) in [5.74, 6) is 1.02. The fourth-order valence-corrected chi connectivity index (χ4v) is 2.21. The summed E-state index contributed by atoms with van der Waals surface area (Å²) in [6.07, 6.45) is 2.62. The summed E-state index contributed by atoms with van der Waals surface area (Å²) >= 11 is 0. The molecule has 0 saturated heterocycles. The Hall–Kier alpha value is -1.91. The van der Waals surface area contributed by atoms with Crippen LogP contribution in [0.5, 0.6) is 0 Å². The van der Waals surface area contributed by atoms with Crippen LogP contribution in [0.15, 0.2) is 12.3 Å². The number of aromatic amines is 1. The van der Waals surface area contributed by atoms with E-state index in [0.717, 1.165) is 41.6 Å². The van der Waals surface area contributed by atoms with Gasteiger partial charge in [-0.1, -0.05) is 20.8 Å².